The highest BCUT2D eigenvalue weighted by Crippen LogP contribution is 2.21. The Hall–Kier alpha value is -1.40. The average Bonchev–Trinajstić information content (AvgIpc) is 2.89. The minimum absolute atomic E-state index is 0.246. The predicted molar refractivity (Wildman–Crippen MR) is 74.4 cm³/mol. The molecular weight excluding hydrogens is 265 g/mol. The van der Waals surface area contributed by atoms with Crippen LogP contribution in [0.5, 0.6) is 0 Å². The van der Waals surface area contributed by atoms with Crippen molar-refractivity contribution in [2.45, 2.75) is 19.4 Å². The van der Waals surface area contributed by atoms with Gasteiger partial charge >= 0.3 is 0 Å². The van der Waals surface area contributed by atoms with Crippen molar-refractivity contribution < 1.29 is 8.91 Å². The predicted octanol–water partition coefficient (Wildman–Crippen LogP) is 2.94. The lowest BCUT2D eigenvalue weighted by Crippen LogP contribution is -2.11. The van der Waals surface area contributed by atoms with Crippen molar-refractivity contribution in [1.29, 1.82) is 0 Å². The highest BCUT2D eigenvalue weighted by molar-refractivity contribution is 7.98. The molecule has 0 amide bonds. The van der Waals surface area contributed by atoms with E-state index in [1.165, 1.54) is 6.07 Å². The van der Waals surface area contributed by atoms with E-state index in [2.05, 4.69) is 10.1 Å². The lowest BCUT2D eigenvalue weighted by atomic mass is 10.1. The molecule has 0 radical (unpaired) electrons. The standard InChI is InChI=1S/C13H16FN3OS/c1-8-7-9(3-4-10(8)14)12-16-13(18-17-12)11(15)5-6-19-2/h3-4,7,11H,5-6,15H2,1-2H3. The number of halogens is 1. The summed E-state index contributed by atoms with van der Waals surface area (Å²) < 4.78 is 18.4. The smallest absolute Gasteiger partial charge is 0.243 e. The quantitative estimate of drug-likeness (QED) is 0.912. The van der Waals surface area contributed by atoms with Crippen molar-refractivity contribution in [2.24, 2.45) is 5.73 Å². The SMILES string of the molecule is CSCCC(N)c1nc(-c2ccc(F)c(C)c2)no1. The van der Waals surface area contributed by atoms with Crippen LogP contribution in [-0.2, 0) is 0 Å². The average molecular weight is 281 g/mol. The van der Waals surface area contributed by atoms with Crippen LogP contribution in [-0.4, -0.2) is 22.1 Å². The Labute approximate surface area is 115 Å². The molecule has 0 aliphatic heterocycles. The molecule has 0 saturated heterocycles. The van der Waals surface area contributed by atoms with Gasteiger partial charge in [-0.25, -0.2) is 4.39 Å². The van der Waals surface area contributed by atoms with Gasteiger partial charge in [-0.15, -0.1) is 0 Å². The number of benzene rings is 1. The summed E-state index contributed by atoms with van der Waals surface area (Å²) in [5.41, 5.74) is 7.24. The van der Waals surface area contributed by atoms with Crippen LogP contribution in [0.25, 0.3) is 11.4 Å². The van der Waals surface area contributed by atoms with Gasteiger partial charge in [0, 0.05) is 5.56 Å². The summed E-state index contributed by atoms with van der Waals surface area (Å²) in [6.07, 6.45) is 2.80. The lowest BCUT2D eigenvalue weighted by Gasteiger charge is -2.03. The number of aryl methyl sites for hydroxylation is 1. The zero-order valence-corrected chi connectivity index (χ0v) is 11.7. The number of nitrogens with zero attached hydrogens (tertiary/aromatic N) is 2. The van der Waals surface area contributed by atoms with E-state index in [9.17, 15) is 4.39 Å². The molecule has 0 saturated carbocycles. The van der Waals surface area contributed by atoms with Crippen LogP contribution >= 0.6 is 11.8 Å². The van der Waals surface area contributed by atoms with Crippen molar-refractivity contribution >= 4 is 11.8 Å². The molecule has 2 aromatic rings. The Kier molecular flexibility index (Phi) is 4.55. The van der Waals surface area contributed by atoms with Gasteiger partial charge in [0.2, 0.25) is 11.7 Å². The highest BCUT2D eigenvalue weighted by Gasteiger charge is 2.15. The van der Waals surface area contributed by atoms with Gasteiger partial charge < -0.3 is 10.3 Å². The Bertz CT molecular complexity index is 559. The molecular formula is C13H16FN3OS. The minimum atomic E-state index is -0.254. The summed E-state index contributed by atoms with van der Waals surface area (Å²) in [6, 6.07) is 4.46. The number of rotatable bonds is 5. The summed E-state index contributed by atoms with van der Waals surface area (Å²) >= 11 is 1.72. The Morgan fingerprint density at radius 1 is 1.47 bits per heavy atom. The zero-order chi connectivity index (χ0) is 13.8. The molecule has 2 N–H and O–H groups in total. The Balaban J connectivity index is 2.18. The zero-order valence-electron chi connectivity index (χ0n) is 10.9. The van der Waals surface area contributed by atoms with E-state index < -0.39 is 0 Å². The highest BCUT2D eigenvalue weighted by atomic mass is 32.2. The second-order valence-corrected chi connectivity index (χ2v) is 5.29. The molecule has 0 bridgehead atoms. The van der Waals surface area contributed by atoms with Crippen molar-refractivity contribution in [3.8, 4) is 11.4 Å². The summed E-state index contributed by atoms with van der Waals surface area (Å²) in [7, 11) is 0. The van der Waals surface area contributed by atoms with E-state index in [1.807, 2.05) is 6.26 Å². The lowest BCUT2D eigenvalue weighted by molar-refractivity contribution is 0.353. The first-order valence-corrected chi connectivity index (χ1v) is 7.36. The Morgan fingerprint density at radius 2 is 2.26 bits per heavy atom. The van der Waals surface area contributed by atoms with Crippen LogP contribution in [0, 0.1) is 12.7 Å². The summed E-state index contributed by atoms with van der Waals surface area (Å²) in [5, 5.41) is 3.89. The molecule has 0 spiro atoms. The largest absolute Gasteiger partial charge is 0.337 e. The van der Waals surface area contributed by atoms with E-state index in [0.29, 0.717) is 17.3 Å². The number of thioether (sulfide) groups is 1. The van der Waals surface area contributed by atoms with Crippen molar-refractivity contribution in [1.82, 2.24) is 10.1 Å². The molecule has 1 atom stereocenters. The second-order valence-electron chi connectivity index (χ2n) is 4.31. The molecule has 0 fully saturated rings. The minimum Gasteiger partial charge on any atom is -0.337 e. The number of aromatic nitrogens is 2. The third-order valence-electron chi connectivity index (χ3n) is 2.81. The van der Waals surface area contributed by atoms with Gasteiger partial charge in [-0.2, -0.15) is 16.7 Å². The third kappa shape index (κ3) is 3.33. The molecule has 19 heavy (non-hydrogen) atoms. The molecule has 6 heteroatoms. The maximum atomic E-state index is 13.2. The summed E-state index contributed by atoms with van der Waals surface area (Å²) in [4.78, 5) is 4.27. The van der Waals surface area contributed by atoms with Gasteiger partial charge in [0.15, 0.2) is 0 Å². The molecule has 102 valence electrons. The van der Waals surface area contributed by atoms with Crippen molar-refractivity contribution in [3.63, 3.8) is 0 Å². The normalized spacial score (nSPS) is 12.6. The number of hydrogen-bond donors (Lipinski definition) is 1. The molecule has 4 nitrogen and oxygen atoms in total. The van der Waals surface area contributed by atoms with Gasteiger partial charge in [0.05, 0.1) is 6.04 Å². The fourth-order valence-corrected chi connectivity index (χ4v) is 2.14. The first kappa shape index (κ1) is 14.0. The van der Waals surface area contributed by atoms with Crippen LogP contribution < -0.4 is 5.73 Å². The van der Waals surface area contributed by atoms with Gasteiger partial charge in [-0.1, -0.05) is 5.16 Å². The number of hydrogen-bond acceptors (Lipinski definition) is 5. The van der Waals surface area contributed by atoms with E-state index in [0.717, 1.165) is 17.7 Å². The molecule has 1 aromatic heterocycles. The summed E-state index contributed by atoms with van der Waals surface area (Å²) in [6.45, 7) is 1.70. The molecule has 2 rings (SSSR count). The first-order chi connectivity index (χ1) is 9.11. The topological polar surface area (TPSA) is 64.9 Å². The fraction of sp³-hybridized carbons (Fsp3) is 0.385. The molecule has 1 heterocycles. The molecule has 0 aliphatic carbocycles. The fourth-order valence-electron chi connectivity index (χ4n) is 1.66. The van der Waals surface area contributed by atoms with E-state index in [1.54, 1.807) is 30.8 Å². The van der Waals surface area contributed by atoms with Crippen LogP contribution in [0.3, 0.4) is 0 Å². The van der Waals surface area contributed by atoms with Gasteiger partial charge in [-0.3, -0.25) is 0 Å². The Morgan fingerprint density at radius 3 is 2.95 bits per heavy atom. The van der Waals surface area contributed by atoms with Crippen molar-refractivity contribution in [2.75, 3.05) is 12.0 Å². The monoisotopic (exact) mass is 281 g/mol. The van der Waals surface area contributed by atoms with Crippen LogP contribution in [0.1, 0.15) is 23.9 Å². The first-order valence-electron chi connectivity index (χ1n) is 5.96. The number of nitrogens with two attached hydrogens (primary N) is 1. The van der Waals surface area contributed by atoms with Gasteiger partial charge in [-0.05, 0) is 49.1 Å². The maximum Gasteiger partial charge on any atom is 0.243 e. The maximum absolute atomic E-state index is 13.2. The van der Waals surface area contributed by atoms with Gasteiger partial charge in [0.1, 0.15) is 5.82 Å². The third-order valence-corrected chi connectivity index (χ3v) is 3.45. The summed E-state index contributed by atoms with van der Waals surface area (Å²) in [5.74, 6) is 1.56. The van der Waals surface area contributed by atoms with E-state index in [4.69, 9.17) is 10.3 Å². The van der Waals surface area contributed by atoms with Crippen molar-refractivity contribution in [3.05, 3.63) is 35.5 Å². The van der Waals surface area contributed by atoms with Gasteiger partial charge in [0.25, 0.3) is 0 Å². The van der Waals surface area contributed by atoms with E-state index >= 15 is 0 Å². The molecule has 1 unspecified atom stereocenters. The van der Waals surface area contributed by atoms with E-state index in [-0.39, 0.29) is 11.9 Å². The van der Waals surface area contributed by atoms with Crippen LogP contribution in [0.2, 0.25) is 0 Å². The van der Waals surface area contributed by atoms with Crippen LogP contribution in [0.4, 0.5) is 4.39 Å². The molecule has 1 aromatic carbocycles. The van der Waals surface area contributed by atoms with Crippen LogP contribution in [0.15, 0.2) is 22.7 Å². The molecule has 0 aliphatic rings. The second kappa shape index (κ2) is 6.16.